The van der Waals surface area contributed by atoms with Crippen LogP contribution in [0.4, 0.5) is 0 Å². The van der Waals surface area contributed by atoms with Crippen LogP contribution in [-0.4, -0.2) is 46.5 Å². The molecular formula is C13H23NO3S. The number of carbonyl (C=O) groups is 2. The lowest BCUT2D eigenvalue weighted by atomic mass is 9.81. The van der Waals surface area contributed by atoms with Crippen molar-refractivity contribution in [3.63, 3.8) is 0 Å². The molecule has 18 heavy (non-hydrogen) atoms. The molecular weight excluding hydrogens is 250 g/mol. The monoisotopic (exact) mass is 273 g/mol. The van der Waals surface area contributed by atoms with Crippen LogP contribution < -0.4 is 0 Å². The molecule has 1 N–H and O–H groups in total. The highest BCUT2D eigenvalue weighted by atomic mass is 32.2. The highest BCUT2D eigenvalue weighted by molar-refractivity contribution is 7.99. The van der Waals surface area contributed by atoms with Crippen molar-refractivity contribution in [1.82, 2.24) is 4.90 Å². The van der Waals surface area contributed by atoms with Crippen LogP contribution in [0.1, 0.15) is 39.5 Å². The maximum Gasteiger partial charge on any atom is 0.235 e. The van der Waals surface area contributed by atoms with Gasteiger partial charge in [0.2, 0.25) is 11.8 Å². The zero-order valence-electron chi connectivity index (χ0n) is 11.3. The second-order valence-corrected chi connectivity index (χ2v) is 5.93. The molecule has 0 unspecified atom stereocenters. The van der Waals surface area contributed by atoms with Crippen molar-refractivity contribution in [2.24, 2.45) is 5.41 Å². The summed E-state index contributed by atoms with van der Waals surface area (Å²) in [4.78, 5) is 25.6. The zero-order valence-corrected chi connectivity index (χ0v) is 12.1. The van der Waals surface area contributed by atoms with Crippen LogP contribution in [0.25, 0.3) is 0 Å². The highest BCUT2D eigenvalue weighted by Gasteiger charge is 2.48. The second-order valence-electron chi connectivity index (χ2n) is 4.70. The molecule has 4 nitrogen and oxygen atoms in total. The van der Waals surface area contributed by atoms with Gasteiger partial charge in [-0.3, -0.25) is 14.5 Å². The van der Waals surface area contributed by atoms with E-state index in [4.69, 9.17) is 5.11 Å². The molecule has 0 atom stereocenters. The Bertz CT molecular complexity index is 303. The number of aliphatic hydroxyl groups excluding tert-OH is 1. The van der Waals surface area contributed by atoms with Gasteiger partial charge in [-0.15, -0.1) is 0 Å². The molecule has 0 saturated carbocycles. The van der Waals surface area contributed by atoms with E-state index in [0.29, 0.717) is 13.0 Å². The van der Waals surface area contributed by atoms with E-state index in [9.17, 15) is 9.59 Å². The molecule has 1 rings (SSSR count). The summed E-state index contributed by atoms with van der Waals surface area (Å²) in [6.07, 6.45) is 2.62. The van der Waals surface area contributed by atoms with Gasteiger partial charge in [0.05, 0.1) is 5.41 Å². The molecule has 0 bridgehead atoms. The second kappa shape index (κ2) is 7.14. The lowest BCUT2D eigenvalue weighted by Crippen LogP contribution is -2.36. The summed E-state index contributed by atoms with van der Waals surface area (Å²) in [7, 11) is 0. The summed E-state index contributed by atoms with van der Waals surface area (Å²) in [6, 6.07) is 0. The van der Waals surface area contributed by atoms with Crippen molar-refractivity contribution in [1.29, 1.82) is 0 Å². The Labute approximate surface area is 113 Å². The maximum absolute atomic E-state index is 12.3. The summed E-state index contributed by atoms with van der Waals surface area (Å²) in [6.45, 7) is 4.67. The van der Waals surface area contributed by atoms with Crippen LogP contribution in [0, 0.1) is 5.41 Å². The molecule has 0 aromatic rings. The fraction of sp³-hybridized carbons (Fsp3) is 0.846. The number of aliphatic hydroxyl groups is 1. The Balaban J connectivity index is 2.47. The van der Waals surface area contributed by atoms with Crippen LogP contribution in [0.15, 0.2) is 0 Å². The van der Waals surface area contributed by atoms with Crippen molar-refractivity contribution in [3.8, 4) is 0 Å². The minimum Gasteiger partial charge on any atom is -0.396 e. The van der Waals surface area contributed by atoms with Gasteiger partial charge in [-0.25, -0.2) is 0 Å². The fourth-order valence-corrected chi connectivity index (χ4v) is 3.16. The summed E-state index contributed by atoms with van der Waals surface area (Å²) in [5.74, 6) is 1.63. The predicted molar refractivity (Wildman–Crippen MR) is 73.4 cm³/mol. The Morgan fingerprint density at radius 3 is 2.44 bits per heavy atom. The standard InChI is InChI=1S/C13H23NO3S/c1-3-13(4-2)10-11(16)14(12(13)17)6-9-18-8-5-7-15/h15H,3-10H2,1-2H3. The highest BCUT2D eigenvalue weighted by Crippen LogP contribution is 2.39. The smallest absolute Gasteiger partial charge is 0.235 e. The van der Waals surface area contributed by atoms with Crippen molar-refractivity contribution in [2.75, 3.05) is 24.7 Å². The van der Waals surface area contributed by atoms with Crippen molar-refractivity contribution >= 4 is 23.6 Å². The van der Waals surface area contributed by atoms with E-state index in [1.54, 1.807) is 11.8 Å². The molecule has 104 valence electrons. The van der Waals surface area contributed by atoms with Gasteiger partial charge in [0.15, 0.2) is 0 Å². The Hall–Kier alpha value is -0.550. The molecule has 1 fully saturated rings. The van der Waals surface area contributed by atoms with Crippen LogP contribution >= 0.6 is 11.8 Å². The molecule has 1 heterocycles. The summed E-state index contributed by atoms with van der Waals surface area (Å²) in [5, 5.41) is 8.66. The lowest BCUT2D eigenvalue weighted by Gasteiger charge is -2.23. The van der Waals surface area contributed by atoms with Crippen LogP contribution in [0.2, 0.25) is 0 Å². The van der Waals surface area contributed by atoms with Gasteiger partial charge >= 0.3 is 0 Å². The van der Waals surface area contributed by atoms with E-state index < -0.39 is 5.41 Å². The molecule has 5 heteroatoms. The van der Waals surface area contributed by atoms with E-state index in [-0.39, 0.29) is 18.4 Å². The summed E-state index contributed by atoms with van der Waals surface area (Å²) >= 11 is 1.68. The van der Waals surface area contributed by atoms with E-state index in [2.05, 4.69) is 0 Å². The zero-order chi connectivity index (χ0) is 13.6. The molecule has 2 amide bonds. The van der Waals surface area contributed by atoms with E-state index in [1.807, 2.05) is 13.8 Å². The van der Waals surface area contributed by atoms with E-state index in [0.717, 1.165) is 30.8 Å². The minimum absolute atomic E-state index is 0.0141. The van der Waals surface area contributed by atoms with Crippen molar-refractivity contribution < 1.29 is 14.7 Å². The summed E-state index contributed by atoms with van der Waals surface area (Å²) in [5.41, 5.74) is -0.438. The first-order valence-corrected chi connectivity index (χ1v) is 7.80. The van der Waals surface area contributed by atoms with E-state index in [1.165, 1.54) is 4.90 Å². The third-order valence-electron chi connectivity index (χ3n) is 3.75. The van der Waals surface area contributed by atoms with Gasteiger partial charge in [0, 0.05) is 25.3 Å². The average molecular weight is 273 g/mol. The number of hydrogen-bond acceptors (Lipinski definition) is 4. The molecule has 0 radical (unpaired) electrons. The van der Waals surface area contributed by atoms with Gasteiger partial charge < -0.3 is 5.11 Å². The van der Waals surface area contributed by atoms with E-state index >= 15 is 0 Å². The van der Waals surface area contributed by atoms with Crippen LogP contribution in [0.3, 0.4) is 0 Å². The first kappa shape index (κ1) is 15.5. The molecule has 1 aliphatic heterocycles. The Morgan fingerprint density at radius 2 is 1.94 bits per heavy atom. The fourth-order valence-electron chi connectivity index (χ4n) is 2.31. The quantitative estimate of drug-likeness (QED) is 0.540. The van der Waals surface area contributed by atoms with Crippen molar-refractivity contribution in [3.05, 3.63) is 0 Å². The lowest BCUT2D eigenvalue weighted by molar-refractivity contribution is -0.141. The number of nitrogens with zero attached hydrogens (tertiary/aromatic N) is 1. The number of likely N-dealkylation sites (tertiary alicyclic amines) is 1. The first-order chi connectivity index (χ1) is 8.61. The molecule has 1 aliphatic rings. The number of thioether (sulfide) groups is 1. The normalized spacial score (nSPS) is 18.7. The van der Waals surface area contributed by atoms with Gasteiger partial charge in [-0.1, -0.05) is 13.8 Å². The minimum atomic E-state index is -0.438. The Morgan fingerprint density at radius 1 is 1.28 bits per heavy atom. The average Bonchev–Trinajstić information content (AvgIpc) is 2.62. The molecule has 0 spiro atoms. The topological polar surface area (TPSA) is 57.6 Å². The number of amides is 2. The van der Waals surface area contributed by atoms with Crippen LogP contribution in [0.5, 0.6) is 0 Å². The first-order valence-electron chi connectivity index (χ1n) is 6.64. The van der Waals surface area contributed by atoms with Gasteiger partial charge in [-0.05, 0) is 25.0 Å². The predicted octanol–water partition coefficient (Wildman–Crippen LogP) is 1.67. The molecule has 1 saturated heterocycles. The van der Waals surface area contributed by atoms with Gasteiger partial charge in [0.1, 0.15) is 0 Å². The van der Waals surface area contributed by atoms with Gasteiger partial charge in [-0.2, -0.15) is 11.8 Å². The molecule has 0 aliphatic carbocycles. The SMILES string of the molecule is CCC1(CC)CC(=O)N(CCSCCCO)C1=O. The molecule has 0 aromatic carbocycles. The van der Waals surface area contributed by atoms with Crippen LogP contribution in [-0.2, 0) is 9.59 Å². The number of rotatable bonds is 8. The summed E-state index contributed by atoms with van der Waals surface area (Å²) < 4.78 is 0. The number of hydrogen-bond donors (Lipinski definition) is 1. The number of imide groups is 1. The Kier molecular flexibility index (Phi) is 6.15. The van der Waals surface area contributed by atoms with Crippen molar-refractivity contribution in [2.45, 2.75) is 39.5 Å². The molecule has 0 aromatic heterocycles. The third-order valence-corrected chi connectivity index (χ3v) is 4.80. The number of carbonyl (C=O) groups excluding carboxylic acids is 2. The van der Waals surface area contributed by atoms with Gasteiger partial charge in [0.25, 0.3) is 0 Å². The maximum atomic E-state index is 12.3. The third kappa shape index (κ3) is 3.26. The largest absolute Gasteiger partial charge is 0.396 e.